The zero-order valence-electron chi connectivity index (χ0n) is 17.4. The first-order valence-electron chi connectivity index (χ1n) is 10.5. The first-order chi connectivity index (χ1) is 14.4. The smallest absolute Gasteiger partial charge is 0.241 e. The van der Waals surface area contributed by atoms with E-state index in [-0.39, 0.29) is 30.4 Å². The third kappa shape index (κ3) is 2.74. The van der Waals surface area contributed by atoms with E-state index in [0.717, 1.165) is 23.6 Å². The molecule has 1 atom stereocenters. The monoisotopic (exact) mass is 409 g/mol. The Morgan fingerprint density at radius 1 is 1.27 bits per heavy atom. The fourth-order valence-electron chi connectivity index (χ4n) is 5.07. The van der Waals surface area contributed by atoms with Gasteiger partial charge < -0.3 is 24.4 Å². The highest BCUT2D eigenvalue weighted by atomic mass is 16.3. The lowest BCUT2D eigenvalue weighted by atomic mass is 9.81. The van der Waals surface area contributed by atoms with Gasteiger partial charge in [-0.2, -0.15) is 0 Å². The van der Waals surface area contributed by atoms with Crippen molar-refractivity contribution in [1.29, 1.82) is 0 Å². The van der Waals surface area contributed by atoms with Gasteiger partial charge in [-0.1, -0.05) is 0 Å². The van der Waals surface area contributed by atoms with Crippen LogP contribution in [-0.2, 0) is 15.1 Å². The fourth-order valence-corrected chi connectivity index (χ4v) is 5.07. The van der Waals surface area contributed by atoms with Crippen LogP contribution < -0.4 is 4.90 Å². The molecule has 30 heavy (non-hydrogen) atoms. The molecule has 2 aromatic rings. The van der Waals surface area contributed by atoms with Crippen LogP contribution in [0.4, 0.5) is 5.69 Å². The molecule has 4 heterocycles. The first kappa shape index (κ1) is 19.1. The van der Waals surface area contributed by atoms with E-state index in [1.807, 2.05) is 29.3 Å². The van der Waals surface area contributed by atoms with Crippen molar-refractivity contribution >= 4 is 17.5 Å². The summed E-state index contributed by atoms with van der Waals surface area (Å²) in [7, 11) is 3.52. The van der Waals surface area contributed by atoms with E-state index in [9.17, 15) is 14.7 Å². The Balaban J connectivity index is 1.55. The molecular weight excluding hydrogens is 382 g/mol. The van der Waals surface area contributed by atoms with Gasteiger partial charge in [0, 0.05) is 45.5 Å². The molecule has 2 aromatic heterocycles. The van der Waals surface area contributed by atoms with Crippen molar-refractivity contribution in [2.75, 3.05) is 38.6 Å². The molecule has 1 saturated heterocycles. The number of hydrogen-bond donors (Lipinski definition) is 1. The number of aromatic nitrogens is 2. The average Bonchev–Trinajstić information content (AvgIpc) is 3.37. The number of hydrogen-bond acceptors (Lipinski definition) is 5. The lowest BCUT2D eigenvalue weighted by Gasteiger charge is -2.47. The van der Waals surface area contributed by atoms with Gasteiger partial charge in [-0.15, -0.1) is 0 Å². The quantitative estimate of drug-likeness (QED) is 0.817. The maximum atomic E-state index is 13.0. The highest BCUT2D eigenvalue weighted by Crippen LogP contribution is 2.47. The molecule has 0 unspecified atom stereocenters. The van der Waals surface area contributed by atoms with Crippen LogP contribution in [-0.4, -0.2) is 76.1 Å². The van der Waals surface area contributed by atoms with E-state index >= 15 is 0 Å². The van der Waals surface area contributed by atoms with Crippen LogP contribution in [0.5, 0.6) is 0 Å². The minimum atomic E-state index is -0.483. The van der Waals surface area contributed by atoms with Gasteiger partial charge >= 0.3 is 0 Å². The first-order valence-corrected chi connectivity index (χ1v) is 10.5. The van der Waals surface area contributed by atoms with Crippen molar-refractivity contribution in [2.45, 2.75) is 30.9 Å². The zero-order valence-corrected chi connectivity index (χ0v) is 17.4. The number of anilines is 1. The highest BCUT2D eigenvalue weighted by molar-refractivity contribution is 5.84. The van der Waals surface area contributed by atoms with E-state index in [1.165, 1.54) is 0 Å². The van der Waals surface area contributed by atoms with Crippen LogP contribution in [0.15, 0.2) is 36.7 Å². The maximum Gasteiger partial charge on any atom is 0.241 e. The number of rotatable bonds is 3. The Bertz CT molecular complexity index is 996. The van der Waals surface area contributed by atoms with Crippen molar-refractivity contribution < 1.29 is 14.7 Å². The molecule has 158 valence electrons. The number of likely N-dealkylation sites (N-methyl/N-ethyl adjacent to an activating group) is 1. The molecule has 2 aliphatic heterocycles. The summed E-state index contributed by atoms with van der Waals surface area (Å²) in [4.78, 5) is 36.1. The number of carbonyl (C=O) groups excluding carboxylic acids is 2. The molecule has 0 bridgehead atoms. The second-order valence-electron chi connectivity index (χ2n) is 8.85. The van der Waals surface area contributed by atoms with Crippen molar-refractivity contribution in [2.24, 2.45) is 5.92 Å². The van der Waals surface area contributed by atoms with Crippen LogP contribution in [0.1, 0.15) is 25.0 Å². The van der Waals surface area contributed by atoms with Gasteiger partial charge in [0.15, 0.2) is 5.82 Å². The Morgan fingerprint density at radius 3 is 2.80 bits per heavy atom. The molecule has 5 rings (SSSR count). The second kappa shape index (κ2) is 6.84. The SMILES string of the molecule is CN(C)C(=O)CN1c2cccnc2-n2cccc2[C@@]12CCN(C(=O)C1CC(O)C1)C2. The highest BCUT2D eigenvalue weighted by Gasteiger charge is 2.52. The van der Waals surface area contributed by atoms with E-state index in [4.69, 9.17) is 0 Å². The predicted molar refractivity (Wildman–Crippen MR) is 111 cm³/mol. The largest absolute Gasteiger partial charge is 0.393 e. The maximum absolute atomic E-state index is 13.0. The molecule has 2 fully saturated rings. The van der Waals surface area contributed by atoms with E-state index in [0.29, 0.717) is 25.9 Å². The average molecular weight is 409 g/mol. The summed E-state index contributed by atoms with van der Waals surface area (Å²) in [5, 5.41) is 9.63. The lowest BCUT2D eigenvalue weighted by Crippen LogP contribution is -2.56. The van der Waals surface area contributed by atoms with Gasteiger partial charge in [-0.3, -0.25) is 9.59 Å². The Hall–Kier alpha value is -2.87. The van der Waals surface area contributed by atoms with Gasteiger partial charge in [0.05, 0.1) is 24.0 Å². The molecule has 1 saturated carbocycles. The summed E-state index contributed by atoms with van der Waals surface area (Å²) >= 11 is 0. The summed E-state index contributed by atoms with van der Waals surface area (Å²) < 4.78 is 2.09. The van der Waals surface area contributed by atoms with Crippen LogP contribution in [0.2, 0.25) is 0 Å². The predicted octanol–water partition coefficient (Wildman–Crippen LogP) is 0.979. The fraction of sp³-hybridized carbons (Fsp3) is 0.500. The summed E-state index contributed by atoms with van der Waals surface area (Å²) in [5.41, 5.74) is 1.48. The third-order valence-electron chi connectivity index (χ3n) is 6.84. The minimum absolute atomic E-state index is 0.0103. The molecule has 3 aliphatic rings. The number of aliphatic hydroxyl groups is 1. The van der Waals surface area contributed by atoms with Gasteiger partial charge in [0.1, 0.15) is 5.54 Å². The molecule has 8 heteroatoms. The number of likely N-dealkylation sites (tertiary alicyclic amines) is 1. The van der Waals surface area contributed by atoms with Crippen molar-refractivity contribution in [3.63, 3.8) is 0 Å². The topological polar surface area (TPSA) is 81.9 Å². The molecule has 8 nitrogen and oxygen atoms in total. The third-order valence-corrected chi connectivity index (χ3v) is 6.84. The summed E-state index contributed by atoms with van der Waals surface area (Å²) in [6, 6.07) is 7.97. The van der Waals surface area contributed by atoms with Crippen LogP contribution >= 0.6 is 0 Å². The number of carbonyl (C=O) groups is 2. The minimum Gasteiger partial charge on any atom is -0.393 e. The summed E-state index contributed by atoms with van der Waals surface area (Å²) in [6.45, 7) is 1.39. The van der Waals surface area contributed by atoms with Gasteiger partial charge in [-0.05, 0) is 43.5 Å². The number of fused-ring (bicyclic) bond motifs is 4. The summed E-state index contributed by atoms with van der Waals surface area (Å²) in [5.74, 6) is 0.847. The number of aliphatic hydroxyl groups excluding tert-OH is 1. The normalized spacial score (nSPS) is 26.9. The molecule has 1 aliphatic carbocycles. The van der Waals surface area contributed by atoms with Crippen molar-refractivity contribution in [3.05, 3.63) is 42.4 Å². The standard InChI is InChI=1S/C22H27N5O3/c1-24(2)19(29)13-27-17-5-3-8-23-20(17)26-9-4-6-18(26)22(27)7-10-25(14-22)21(30)15-11-16(28)12-15/h3-6,8-9,15-16,28H,7,10-14H2,1-2H3/t15?,16?,22-/m0/s1. The molecular formula is C22H27N5O3. The van der Waals surface area contributed by atoms with E-state index < -0.39 is 5.54 Å². The van der Waals surface area contributed by atoms with Crippen molar-refractivity contribution in [3.8, 4) is 5.82 Å². The molecule has 2 amide bonds. The van der Waals surface area contributed by atoms with Crippen LogP contribution in [0.3, 0.4) is 0 Å². The van der Waals surface area contributed by atoms with Gasteiger partial charge in [0.2, 0.25) is 11.8 Å². The lowest BCUT2D eigenvalue weighted by molar-refractivity contribution is -0.141. The molecule has 1 N–H and O–H groups in total. The number of pyridine rings is 1. The Labute approximate surface area is 175 Å². The van der Waals surface area contributed by atoms with Gasteiger partial charge in [-0.25, -0.2) is 4.98 Å². The van der Waals surface area contributed by atoms with Crippen LogP contribution in [0, 0.1) is 5.92 Å². The summed E-state index contributed by atoms with van der Waals surface area (Å²) in [6.07, 6.45) is 5.25. The molecule has 1 spiro atoms. The van der Waals surface area contributed by atoms with Crippen molar-refractivity contribution in [1.82, 2.24) is 19.4 Å². The second-order valence-corrected chi connectivity index (χ2v) is 8.85. The Morgan fingerprint density at radius 2 is 2.07 bits per heavy atom. The van der Waals surface area contributed by atoms with E-state index in [1.54, 1.807) is 25.2 Å². The molecule has 0 radical (unpaired) electrons. The zero-order chi connectivity index (χ0) is 21.0. The number of amides is 2. The van der Waals surface area contributed by atoms with Gasteiger partial charge in [0.25, 0.3) is 0 Å². The molecule has 0 aromatic carbocycles. The van der Waals surface area contributed by atoms with Crippen LogP contribution in [0.25, 0.3) is 5.82 Å². The Kier molecular flexibility index (Phi) is 4.36. The number of nitrogens with zero attached hydrogens (tertiary/aromatic N) is 5. The van der Waals surface area contributed by atoms with E-state index in [2.05, 4.69) is 20.5 Å².